The molecule has 2 aromatic rings. The summed E-state index contributed by atoms with van der Waals surface area (Å²) < 4.78 is 5.53. The average molecular weight is 353 g/mol. The van der Waals surface area contributed by atoms with Gasteiger partial charge in [0.2, 0.25) is 0 Å². The summed E-state index contributed by atoms with van der Waals surface area (Å²) in [4.78, 5) is 14.1. The van der Waals surface area contributed by atoms with Crippen LogP contribution < -0.4 is 15.1 Å². The van der Waals surface area contributed by atoms with Crippen molar-refractivity contribution < 1.29 is 9.53 Å². The Morgan fingerprint density at radius 2 is 1.81 bits per heavy atom. The van der Waals surface area contributed by atoms with Crippen LogP contribution in [0.15, 0.2) is 47.6 Å². The number of carbonyl (C=O) groups is 1. The number of nitrogens with zero attached hydrogens (tertiary/aromatic N) is 2. The molecule has 5 heteroatoms. The maximum Gasteiger partial charge on any atom is 0.277 e. The number of benzene rings is 2. The van der Waals surface area contributed by atoms with Crippen molar-refractivity contribution in [1.82, 2.24) is 5.43 Å². The summed E-state index contributed by atoms with van der Waals surface area (Å²) in [6.45, 7) is 10.1. The molecule has 0 atom stereocenters. The fourth-order valence-electron chi connectivity index (χ4n) is 2.68. The number of hydrazone groups is 1. The summed E-state index contributed by atoms with van der Waals surface area (Å²) in [5.74, 6) is 0.419. The van der Waals surface area contributed by atoms with Gasteiger partial charge in [-0.15, -0.1) is 0 Å². The highest BCUT2D eigenvalue weighted by molar-refractivity contribution is 5.83. The fourth-order valence-corrected chi connectivity index (χ4v) is 2.68. The van der Waals surface area contributed by atoms with Gasteiger partial charge in [-0.1, -0.05) is 29.8 Å². The molecule has 0 aromatic heterocycles. The van der Waals surface area contributed by atoms with Gasteiger partial charge in [-0.2, -0.15) is 5.10 Å². The molecular formula is C21H27N3O2. The summed E-state index contributed by atoms with van der Waals surface area (Å²) in [5.41, 5.74) is 6.76. The molecule has 2 aromatic carbocycles. The molecule has 0 fully saturated rings. The third-order valence-electron chi connectivity index (χ3n) is 4.11. The molecule has 0 bridgehead atoms. The van der Waals surface area contributed by atoms with Gasteiger partial charge in [0, 0.05) is 18.8 Å². The minimum Gasteiger partial charge on any atom is -0.483 e. The van der Waals surface area contributed by atoms with Crippen molar-refractivity contribution >= 4 is 17.8 Å². The van der Waals surface area contributed by atoms with Crippen molar-refractivity contribution in [2.75, 3.05) is 24.6 Å². The summed E-state index contributed by atoms with van der Waals surface area (Å²) in [5, 5.41) is 3.99. The van der Waals surface area contributed by atoms with Gasteiger partial charge >= 0.3 is 0 Å². The Morgan fingerprint density at radius 3 is 2.42 bits per heavy atom. The number of hydrogen-bond acceptors (Lipinski definition) is 4. The number of ether oxygens (including phenoxy) is 1. The molecule has 0 heterocycles. The van der Waals surface area contributed by atoms with E-state index in [1.54, 1.807) is 6.21 Å². The van der Waals surface area contributed by atoms with Crippen LogP contribution in [0.2, 0.25) is 0 Å². The third-order valence-corrected chi connectivity index (χ3v) is 4.11. The fraction of sp³-hybridized carbons (Fsp3) is 0.333. The zero-order valence-corrected chi connectivity index (χ0v) is 16.0. The highest BCUT2D eigenvalue weighted by Crippen LogP contribution is 2.18. The number of aryl methyl sites for hydroxylation is 2. The van der Waals surface area contributed by atoms with Crippen LogP contribution in [0.25, 0.3) is 0 Å². The number of rotatable bonds is 8. The number of anilines is 1. The van der Waals surface area contributed by atoms with E-state index < -0.39 is 0 Å². The largest absolute Gasteiger partial charge is 0.483 e. The second-order valence-corrected chi connectivity index (χ2v) is 6.11. The van der Waals surface area contributed by atoms with E-state index >= 15 is 0 Å². The molecule has 1 N–H and O–H groups in total. The molecule has 5 nitrogen and oxygen atoms in total. The van der Waals surface area contributed by atoms with Crippen LogP contribution >= 0.6 is 0 Å². The van der Waals surface area contributed by atoms with Crippen molar-refractivity contribution in [3.8, 4) is 5.75 Å². The van der Waals surface area contributed by atoms with E-state index in [1.807, 2.05) is 44.2 Å². The molecule has 0 spiro atoms. The minimum absolute atomic E-state index is 0.0673. The number of nitrogens with one attached hydrogen (secondary N) is 1. The zero-order valence-electron chi connectivity index (χ0n) is 16.0. The first-order valence-electron chi connectivity index (χ1n) is 8.90. The zero-order chi connectivity index (χ0) is 18.9. The summed E-state index contributed by atoms with van der Waals surface area (Å²) in [6, 6.07) is 13.9. The summed E-state index contributed by atoms with van der Waals surface area (Å²) in [7, 11) is 0. The molecule has 0 aliphatic heterocycles. The Balaban J connectivity index is 1.83. The highest BCUT2D eigenvalue weighted by Gasteiger charge is 2.04. The second kappa shape index (κ2) is 9.61. The van der Waals surface area contributed by atoms with Crippen LogP contribution in [0.1, 0.15) is 30.5 Å². The predicted octanol–water partition coefficient (Wildman–Crippen LogP) is 3.68. The predicted molar refractivity (Wildman–Crippen MR) is 107 cm³/mol. The van der Waals surface area contributed by atoms with Gasteiger partial charge in [0.05, 0.1) is 6.21 Å². The molecular weight excluding hydrogens is 326 g/mol. The standard InChI is InChI=1S/C21H27N3O2/c1-5-24(6-2)19-10-8-18(9-11-19)14-22-23-21(25)15-26-20-12-7-16(3)13-17(20)4/h7-14H,5-6,15H2,1-4H3,(H,23,25)/b22-14+. The Morgan fingerprint density at radius 1 is 1.12 bits per heavy atom. The van der Waals surface area contributed by atoms with Crippen LogP contribution in [-0.4, -0.2) is 31.8 Å². The lowest BCUT2D eigenvalue weighted by molar-refractivity contribution is -0.123. The molecule has 1 amide bonds. The Hall–Kier alpha value is -2.82. The van der Waals surface area contributed by atoms with Crippen LogP contribution in [0.4, 0.5) is 5.69 Å². The molecule has 2 rings (SSSR count). The van der Waals surface area contributed by atoms with Gasteiger partial charge in [-0.3, -0.25) is 4.79 Å². The first kappa shape index (κ1) is 19.5. The molecule has 26 heavy (non-hydrogen) atoms. The lowest BCUT2D eigenvalue weighted by Gasteiger charge is -2.20. The van der Waals surface area contributed by atoms with Gasteiger partial charge in [-0.05, 0) is 57.0 Å². The Labute approximate surface area is 155 Å². The monoisotopic (exact) mass is 353 g/mol. The van der Waals surface area contributed by atoms with E-state index in [0.717, 1.165) is 29.8 Å². The molecule has 0 aliphatic carbocycles. The maximum atomic E-state index is 11.8. The van der Waals surface area contributed by atoms with E-state index in [-0.39, 0.29) is 12.5 Å². The van der Waals surface area contributed by atoms with E-state index in [1.165, 1.54) is 5.69 Å². The normalized spacial score (nSPS) is 10.8. The topological polar surface area (TPSA) is 53.9 Å². The quantitative estimate of drug-likeness (QED) is 0.582. The van der Waals surface area contributed by atoms with Crippen molar-refractivity contribution in [2.45, 2.75) is 27.7 Å². The van der Waals surface area contributed by atoms with E-state index in [4.69, 9.17) is 4.74 Å². The van der Waals surface area contributed by atoms with Crippen molar-refractivity contribution in [3.63, 3.8) is 0 Å². The maximum absolute atomic E-state index is 11.8. The molecule has 138 valence electrons. The first-order chi connectivity index (χ1) is 12.5. The number of hydrogen-bond donors (Lipinski definition) is 1. The van der Waals surface area contributed by atoms with Gasteiger partial charge in [0.1, 0.15) is 5.75 Å². The van der Waals surface area contributed by atoms with Crippen molar-refractivity contribution in [3.05, 3.63) is 59.2 Å². The molecule has 0 radical (unpaired) electrons. The van der Waals surface area contributed by atoms with Crippen molar-refractivity contribution in [2.24, 2.45) is 5.10 Å². The summed E-state index contributed by atoms with van der Waals surface area (Å²) in [6.07, 6.45) is 1.63. The van der Waals surface area contributed by atoms with Gasteiger partial charge < -0.3 is 9.64 Å². The van der Waals surface area contributed by atoms with Gasteiger partial charge in [0.25, 0.3) is 5.91 Å². The van der Waals surface area contributed by atoms with Crippen LogP contribution in [0.5, 0.6) is 5.75 Å². The van der Waals surface area contributed by atoms with Gasteiger partial charge in [-0.25, -0.2) is 5.43 Å². The van der Waals surface area contributed by atoms with Gasteiger partial charge in [0.15, 0.2) is 6.61 Å². The number of carbonyl (C=O) groups excluding carboxylic acids is 1. The highest BCUT2D eigenvalue weighted by atomic mass is 16.5. The number of amides is 1. The third kappa shape index (κ3) is 5.62. The lowest BCUT2D eigenvalue weighted by atomic mass is 10.1. The SMILES string of the molecule is CCN(CC)c1ccc(/C=N/NC(=O)COc2ccc(C)cc2C)cc1. The molecule has 0 saturated heterocycles. The molecule has 0 saturated carbocycles. The van der Waals surface area contributed by atoms with Crippen LogP contribution in [-0.2, 0) is 4.79 Å². The van der Waals surface area contributed by atoms with Crippen LogP contribution in [0, 0.1) is 13.8 Å². The van der Waals surface area contributed by atoms with Crippen LogP contribution in [0.3, 0.4) is 0 Å². The average Bonchev–Trinajstić information content (AvgIpc) is 2.63. The Bertz CT molecular complexity index is 750. The van der Waals surface area contributed by atoms with E-state index in [9.17, 15) is 4.79 Å². The molecule has 0 aliphatic rings. The van der Waals surface area contributed by atoms with E-state index in [2.05, 4.69) is 41.4 Å². The first-order valence-corrected chi connectivity index (χ1v) is 8.90. The smallest absolute Gasteiger partial charge is 0.277 e. The second-order valence-electron chi connectivity index (χ2n) is 6.11. The lowest BCUT2D eigenvalue weighted by Crippen LogP contribution is -2.24. The van der Waals surface area contributed by atoms with E-state index in [0.29, 0.717) is 5.75 Å². The minimum atomic E-state index is -0.291. The summed E-state index contributed by atoms with van der Waals surface area (Å²) >= 11 is 0. The van der Waals surface area contributed by atoms with Crippen molar-refractivity contribution in [1.29, 1.82) is 0 Å². The Kier molecular flexibility index (Phi) is 7.21. The molecule has 0 unspecified atom stereocenters.